The first-order valence-electron chi connectivity index (χ1n) is 9.15. The molecule has 0 N–H and O–H groups in total. The van der Waals surface area contributed by atoms with E-state index >= 15 is 0 Å². The van der Waals surface area contributed by atoms with E-state index in [-0.39, 0.29) is 0 Å². The summed E-state index contributed by atoms with van der Waals surface area (Å²) in [6.45, 7) is 12.2. The first kappa shape index (κ1) is 20.4. The smallest absolute Gasteiger partial charge is 0.0581 e. The Labute approximate surface area is 133 Å². The van der Waals surface area contributed by atoms with Crippen molar-refractivity contribution >= 4 is 0 Å². The summed E-state index contributed by atoms with van der Waals surface area (Å²) in [7, 11) is 0. The molecular formula is C20H38O. The van der Waals surface area contributed by atoms with Crippen molar-refractivity contribution < 1.29 is 4.74 Å². The lowest BCUT2D eigenvalue weighted by Crippen LogP contribution is -2.22. The molecule has 0 aromatic rings. The highest BCUT2D eigenvalue weighted by Crippen LogP contribution is 2.20. The van der Waals surface area contributed by atoms with E-state index in [9.17, 15) is 0 Å². The Morgan fingerprint density at radius 1 is 0.714 bits per heavy atom. The van der Waals surface area contributed by atoms with Crippen LogP contribution in [0.2, 0.25) is 0 Å². The van der Waals surface area contributed by atoms with Crippen LogP contribution >= 0.6 is 0 Å². The third kappa shape index (κ3) is 12.9. The normalized spacial score (nSPS) is 13.8. The van der Waals surface area contributed by atoms with E-state index in [0.29, 0.717) is 12.2 Å². The predicted molar refractivity (Wildman–Crippen MR) is 95.8 cm³/mol. The Morgan fingerprint density at radius 3 is 1.48 bits per heavy atom. The molecule has 0 aromatic carbocycles. The van der Waals surface area contributed by atoms with Gasteiger partial charge in [-0.05, 0) is 38.5 Å². The van der Waals surface area contributed by atoms with Gasteiger partial charge in [-0.3, -0.25) is 0 Å². The molecule has 0 aromatic heterocycles. The fourth-order valence-electron chi connectivity index (χ4n) is 2.68. The summed E-state index contributed by atoms with van der Waals surface area (Å²) < 4.78 is 6.45. The maximum absolute atomic E-state index is 6.45. The van der Waals surface area contributed by atoms with E-state index in [1.807, 2.05) is 12.2 Å². The third-order valence-corrected chi connectivity index (χ3v) is 4.03. The zero-order valence-electron chi connectivity index (χ0n) is 14.6. The molecule has 1 nitrogen and oxygen atoms in total. The van der Waals surface area contributed by atoms with Crippen LogP contribution in [0.4, 0.5) is 0 Å². The highest BCUT2D eigenvalue weighted by Gasteiger charge is 2.15. The molecule has 0 fully saturated rings. The summed E-state index contributed by atoms with van der Waals surface area (Å²) in [5.41, 5.74) is 0. The molecule has 0 aliphatic rings. The second-order valence-electron chi connectivity index (χ2n) is 6.10. The van der Waals surface area contributed by atoms with Crippen molar-refractivity contribution in [3.8, 4) is 0 Å². The average Bonchev–Trinajstić information content (AvgIpc) is 2.50. The Balaban J connectivity index is 4.28. The minimum atomic E-state index is 0.422. The Hall–Kier alpha value is -0.560. The van der Waals surface area contributed by atoms with Crippen molar-refractivity contribution in [3.05, 3.63) is 25.3 Å². The van der Waals surface area contributed by atoms with Gasteiger partial charge in [0.1, 0.15) is 0 Å². The monoisotopic (exact) mass is 294 g/mol. The fraction of sp³-hybridized carbons (Fsp3) is 0.800. The topological polar surface area (TPSA) is 9.23 Å². The molecule has 2 unspecified atom stereocenters. The van der Waals surface area contributed by atoms with E-state index in [1.165, 1.54) is 51.4 Å². The molecule has 0 radical (unpaired) electrons. The molecule has 0 saturated carbocycles. The van der Waals surface area contributed by atoms with Gasteiger partial charge in [0.25, 0.3) is 0 Å². The Bertz CT molecular complexity index is 210. The molecule has 0 heterocycles. The van der Waals surface area contributed by atoms with E-state index in [1.54, 1.807) is 0 Å². The van der Waals surface area contributed by atoms with Crippen molar-refractivity contribution in [1.82, 2.24) is 0 Å². The summed E-state index contributed by atoms with van der Waals surface area (Å²) in [6.07, 6.45) is 19.5. The third-order valence-electron chi connectivity index (χ3n) is 4.03. The zero-order chi connectivity index (χ0) is 15.8. The molecule has 0 bridgehead atoms. The van der Waals surface area contributed by atoms with Crippen molar-refractivity contribution in [1.29, 1.82) is 0 Å². The molecule has 0 aliphatic carbocycles. The molecule has 21 heavy (non-hydrogen) atoms. The minimum Gasteiger partial charge on any atom is -0.375 e. The van der Waals surface area contributed by atoms with Gasteiger partial charge in [0.2, 0.25) is 0 Å². The summed E-state index contributed by atoms with van der Waals surface area (Å²) in [5, 5.41) is 0. The van der Waals surface area contributed by atoms with Crippen LogP contribution in [0.3, 0.4) is 0 Å². The molecule has 0 spiro atoms. The first-order valence-corrected chi connectivity index (χ1v) is 9.15. The molecule has 124 valence electrons. The number of ether oxygens (including phenoxy) is 1. The van der Waals surface area contributed by atoms with Crippen LogP contribution in [0, 0.1) is 0 Å². The SMILES string of the molecule is C=CCCC(CCCCC)OC(CCC=C)CCCCC. The van der Waals surface area contributed by atoms with Gasteiger partial charge in [-0.25, -0.2) is 0 Å². The molecule has 0 saturated heterocycles. The maximum Gasteiger partial charge on any atom is 0.0581 e. The summed E-state index contributed by atoms with van der Waals surface area (Å²) in [5.74, 6) is 0. The van der Waals surface area contributed by atoms with Gasteiger partial charge in [0, 0.05) is 0 Å². The second kappa shape index (κ2) is 15.8. The van der Waals surface area contributed by atoms with Crippen LogP contribution in [0.1, 0.15) is 90.9 Å². The standard InChI is InChI=1S/C20H38O/c1-5-9-13-17-19(15-11-7-3)21-20(16-12-8-4)18-14-10-6-2/h7-8,19-20H,3-6,9-18H2,1-2H3. The van der Waals surface area contributed by atoms with Crippen molar-refractivity contribution in [2.75, 3.05) is 0 Å². The summed E-state index contributed by atoms with van der Waals surface area (Å²) in [4.78, 5) is 0. The first-order chi connectivity index (χ1) is 10.3. The van der Waals surface area contributed by atoms with Crippen LogP contribution in [0.15, 0.2) is 25.3 Å². The van der Waals surface area contributed by atoms with Gasteiger partial charge in [-0.1, -0.05) is 64.5 Å². The van der Waals surface area contributed by atoms with Crippen LogP contribution in [0.5, 0.6) is 0 Å². The lowest BCUT2D eigenvalue weighted by molar-refractivity contribution is -0.0292. The number of hydrogen-bond acceptors (Lipinski definition) is 1. The predicted octanol–water partition coefficient (Wildman–Crippen LogP) is 6.83. The maximum atomic E-state index is 6.45. The van der Waals surface area contributed by atoms with E-state index in [4.69, 9.17) is 4.74 Å². The van der Waals surface area contributed by atoms with Gasteiger partial charge in [-0.15, -0.1) is 13.2 Å². The largest absolute Gasteiger partial charge is 0.375 e. The second-order valence-corrected chi connectivity index (χ2v) is 6.10. The summed E-state index contributed by atoms with van der Waals surface area (Å²) in [6, 6.07) is 0. The Kier molecular flexibility index (Phi) is 15.4. The number of allylic oxidation sites excluding steroid dienone is 2. The van der Waals surface area contributed by atoms with E-state index in [0.717, 1.165) is 25.7 Å². The van der Waals surface area contributed by atoms with Crippen molar-refractivity contribution in [2.45, 2.75) is 103 Å². The quantitative estimate of drug-likeness (QED) is 0.224. The van der Waals surface area contributed by atoms with Gasteiger partial charge in [0.15, 0.2) is 0 Å². The molecule has 0 amide bonds. The van der Waals surface area contributed by atoms with Crippen molar-refractivity contribution in [3.63, 3.8) is 0 Å². The van der Waals surface area contributed by atoms with Gasteiger partial charge >= 0.3 is 0 Å². The minimum absolute atomic E-state index is 0.422. The van der Waals surface area contributed by atoms with Gasteiger partial charge in [0.05, 0.1) is 12.2 Å². The molecular weight excluding hydrogens is 256 g/mol. The van der Waals surface area contributed by atoms with Gasteiger partial charge < -0.3 is 4.74 Å². The Morgan fingerprint density at radius 2 is 1.14 bits per heavy atom. The molecule has 0 aliphatic heterocycles. The van der Waals surface area contributed by atoms with Crippen LogP contribution in [-0.2, 0) is 4.74 Å². The van der Waals surface area contributed by atoms with E-state index in [2.05, 4.69) is 27.0 Å². The number of unbranched alkanes of at least 4 members (excludes halogenated alkanes) is 4. The summed E-state index contributed by atoms with van der Waals surface area (Å²) >= 11 is 0. The molecule has 2 atom stereocenters. The lowest BCUT2D eigenvalue weighted by atomic mass is 10.0. The van der Waals surface area contributed by atoms with E-state index < -0.39 is 0 Å². The highest BCUT2D eigenvalue weighted by molar-refractivity contribution is 4.74. The van der Waals surface area contributed by atoms with Crippen LogP contribution in [-0.4, -0.2) is 12.2 Å². The lowest BCUT2D eigenvalue weighted by Gasteiger charge is -2.25. The average molecular weight is 295 g/mol. The fourth-order valence-corrected chi connectivity index (χ4v) is 2.68. The molecule has 1 heteroatoms. The van der Waals surface area contributed by atoms with Crippen LogP contribution in [0.25, 0.3) is 0 Å². The van der Waals surface area contributed by atoms with Crippen molar-refractivity contribution in [2.24, 2.45) is 0 Å². The highest BCUT2D eigenvalue weighted by atomic mass is 16.5. The molecule has 0 rings (SSSR count). The van der Waals surface area contributed by atoms with Gasteiger partial charge in [-0.2, -0.15) is 0 Å². The number of rotatable bonds is 16. The zero-order valence-corrected chi connectivity index (χ0v) is 14.6. The number of hydrogen-bond donors (Lipinski definition) is 0. The van der Waals surface area contributed by atoms with Crippen LogP contribution < -0.4 is 0 Å².